The number of carbonyl (C=O) groups excluding carboxylic acids is 1. The second kappa shape index (κ2) is 9.06. The molecule has 0 saturated carbocycles. The van der Waals surface area contributed by atoms with Crippen molar-refractivity contribution in [1.82, 2.24) is 4.98 Å². The van der Waals surface area contributed by atoms with E-state index in [-0.39, 0.29) is 12.5 Å². The van der Waals surface area contributed by atoms with Gasteiger partial charge < -0.3 is 9.47 Å². The molecule has 1 N–H and O–H groups in total. The third kappa shape index (κ3) is 4.81. The van der Waals surface area contributed by atoms with E-state index in [9.17, 15) is 4.79 Å². The van der Waals surface area contributed by atoms with Crippen LogP contribution in [0.1, 0.15) is 36.5 Å². The summed E-state index contributed by atoms with van der Waals surface area (Å²) < 4.78 is 12.5. The van der Waals surface area contributed by atoms with E-state index in [0.717, 1.165) is 51.2 Å². The second-order valence-corrected chi connectivity index (χ2v) is 7.87. The minimum Gasteiger partial charge on any atom is -0.494 e. The number of ether oxygens (including phenoxy) is 2. The summed E-state index contributed by atoms with van der Waals surface area (Å²) in [5.74, 6) is 1.38. The van der Waals surface area contributed by atoms with Gasteiger partial charge in [0.25, 0.3) is 5.91 Å². The van der Waals surface area contributed by atoms with E-state index in [1.165, 1.54) is 11.3 Å². The molecule has 3 aromatic rings. The van der Waals surface area contributed by atoms with Crippen LogP contribution < -0.4 is 14.8 Å². The first kappa shape index (κ1) is 20.1. The number of aromatic nitrogens is 1. The van der Waals surface area contributed by atoms with Crippen LogP contribution >= 0.6 is 11.3 Å². The largest absolute Gasteiger partial charge is 0.494 e. The summed E-state index contributed by atoms with van der Waals surface area (Å²) >= 11 is 1.43. The van der Waals surface area contributed by atoms with Gasteiger partial charge in [0.05, 0.1) is 16.8 Å². The molecule has 1 amide bonds. The molecule has 0 atom stereocenters. The SMILES string of the molecule is CCCCOc1ccc2nc(NC(=O)COc3c(C)ccc(C)c3C)sc2c1. The van der Waals surface area contributed by atoms with Gasteiger partial charge in [-0.1, -0.05) is 36.8 Å². The lowest BCUT2D eigenvalue weighted by atomic mass is 10.1. The summed E-state index contributed by atoms with van der Waals surface area (Å²) in [6.07, 6.45) is 2.13. The Morgan fingerprint density at radius 1 is 1.11 bits per heavy atom. The molecule has 0 radical (unpaired) electrons. The molecule has 3 rings (SSSR count). The Kier molecular flexibility index (Phi) is 6.52. The van der Waals surface area contributed by atoms with E-state index in [1.54, 1.807) is 0 Å². The van der Waals surface area contributed by atoms with Gasteiger partial charge in [0.2, 0.25) is 0 Å². The second-order valence-electron chi connectivity index (χ2n) is 6.84. The maximum Gasteiger partial charge on any atom is 0.264 e. The van der Waals surface area contributed by atoms with Crippen molar-refractivity contribution in [2.24, 2.45) is 0 Å². The number of nitrogens with one attached hydrogen (secondary N) is 1. The smallest absolute Gasteiger partial charge is 0.264 e. The number of unbranched alkanes of at least 4 members (excludes halogenated alkanes) is 1. The van der Waals surface area contributed by atoms with Crippen molar-refractivity contribution in [2.75, 3.05) is 18.5 Å². The minimum atomic E-state index is -0.223. The zero-order valence-corrected chi connectivity index (χ0v) is 17.6. The average molecular weight is 399 g/mol. The van der Waals surface area contributed by atoms with Gasteiger partial charge in [0.1, 0.15) is 11.5 Å². The lowest BCUT2D eigenvalue weighted by Crippen LogP contribution is -2.20. The van der Waals surface area contributed by atoms with Crippen molar-refractivity contribution >= 4 is 32.6 Å². The summed E-state index contributed by atoms with van der Waals surface area (Å²) in [4.78, 5) is 16.8. The predicted molar refractivity (Wildman–Crippen MR) is 115 cm³/mol. The molecule has 1 aromatic heterocycles. The molecule has 0 unspecified atom stereocenters. The van der Waals surface area contributed by atoms with Gasteiger partial charge in [-0.25, -0.2) is 4.98 Å². The first-order valence-corrected chi connectivity index (χ1v) is 10.3. The van der Waals surface area contributed by atoms with Gasteiger partial charge in [0.15, 0.2) is 11.7 Å². The number of carbonyl (C=O) groups is 1. The first-order chi connectivity index (χ1) is 13.5. The Hall–Kier alpha value is -2.60. The lowest BCUT2D eigenvalue weighted by Gasteiger charge is -2.13. The van der Waals surface area contributed by atoms with Crippen molar-refractivity contribution in [2.45, 2.75) is 40.5 Å². The van der Waals surface area contributed by atoms with E-state index in [0.29, 0.717) is 11.7 Å². The molecule has 0 aliphatic heterocycles. The van der Waals surface area contributed by atoms with E-state index >= 15 is 0 Å². The highest BCUT2D eigenvalue weighted by Crippen LogP contribution is 2.30. The van der Waals surface area contributed by atoms with Crippen LogP contribution in [0.25, 0.3) is 10.2 Å². The van der Waals surface area contributed by atoms with E-state index < -0.39 is 0 Å². The number of fused-ring (bicyclic) bond motifs is 1. The highest BCUT2D eigenvalue weighted by atomic mass is 32.1. The van der Waals surface area contributed by atoms with Crippen LogP contribution in [0.2, 0.25) is 0 Å². The molecule has 1 heterocycles. The number of benzene rings is 2. The van der Waals surface area contributed by atoms with Gasteiger partial charge >= 0.3 is 0 Å². The molecular weight excluding hydrogens is 372 g/mol. The van der Waals surface area contributed by atoms with Crippen LogP contribution in [0.4, 0.5) is 5.13 Å². The number of rotatable bonds is 8. The highest BCUT2D eigenvalue weighted by molar-refractivity contribution is 7.22. The van der Waals surface area contributed by atoms with Crippen LogP contribution in [0.15, 0.2) is 30.3 Å². The summed E-state index contributed by atoms with van der Waals surface area (Å²) in [7, 11) is 0. The monoisotopic (exact) mass is 398 g/mol. The number of nitrogens with zero attached hydrogens (tertiary/aromatic N) is 1. The molecule has 28 heavy (non-hydrogen) atoms. The Bertz CT molecular complexity index is 981. The predicted octanol–water partition coefficient (Wildman–Crippen LogP) is 5.42. The third-order valence-corrected chi connectivity index (χ3v) is 5.53. The number of thiazole rings is 1. The molecule has 0 aliphatic rings. The molecule has 0 bridgehead atoms. The molecule has 0 spiro atoms. The molecule has 0 saturated heterocycles. The maximum atomic E-state index is 12.3. The zero-order chi connectivity index (χ0) is 20.1. The zero-order valence-electron chi connectivity index (χ0n) is 16.8. The number of amides is 1. The van der Waals surface area contributed by atoms with Crippen molar-refractivity contribution in [1.29, 1.82) is 0 Å². The fraction of sp³-hybridized carbons (Fsp3) is 0.364. The van der Waals surface area contributed by atoms with E-state index in [1.807, 2.05) is 45.0 Å². The van der Waals surface area contributed by atoms with Crippen molar-refractivity contribution in [3.63, 3.8) is 0 Å². The summed E-state index contributed by atoms with van der Waals surface area (Å²) in [5, 5.41) is 3.39. The van der Waals surface area contributed by atoms with Gasteiger partial charge in [0, 0.05) is 0 Å². The molecule has 0 fully saturated rings. The van der Waals surface area contributed by atoms with Crippen molar-refractivity contribution in [3.05, 3.63) is 47.0 Å². The van der Waals surface area contributed by atoms with Crippen molar-refractivity contribution < 1.29 is 14.3 Å². The van der Waals surface area contributed by atoms with Crippen LogP contribution in [-0.2, 0) is 4.79 Å². The first-order valence-electron chi connectivity index (χ1n) is 9.50. The average Bonchev–Trinajstić information content (AvgIpc) is 3.06. The Morgan fingerprint density at radius 3 is 2.68 bits per heavy atom. The quantitative estimate of drug-likeness (QED) is 0.515. The third-order valence-electron chi connectivity index (χ3n) is 4.59. The van der Waals surface area contributed by atoms with Crippen LogP contribution in [0.3, 0.4) is 0 Å². The Balaban J connectivity index is 1.62. The number of hydrogen-bond acceptors (Lipinski definition) is 5. The summed E-state index contributed by atoms with van der Waals surface area (Å²) in [5.41, 5.74) is 4.06. The van der Waals surface area contributed by atoms with Gasteiger partial charge in [-0.3, -0.25) is 10.1 Å². The maximum absolute atomic E-state index is 12.3. The molecule has 148 valence electrons. The standard InChI is InChI=1S/C22H26N2O3S/c1-5-6-11-26-17-9-10-18-19(12-17)28-22(23-18)24-20(25)13-27-21-15(3)8-7-14(2)16(21)4/h7-10,12H,5-6,11,13H2,1-4H3,(H,23,24,25). The highest BCUT2D eigenvalue weighted by Gasteiger charge is 2.12. The Morgan fingerprint density at radius 2 is 1.89 bits per heavy atom. The topological polar surface area (TPSA) is 60.5 Å². The molecular formula is C22H26N2O3S. The number of aryl methyl sites for hydroxylation is 2. The van der Waals surface area contributed by atoms with Crippen LogP contribution in [0.5, 0.6) is 11.5 Å². The molecule has 5 nitrogen and oxygen atoms in total. The molecule has 0 aliphatic carbocycles. The number of hydrogen-bond donors (Lipinski definition) is 1. The minimum absolute atomic E-state index is 0.0492. The fourth-order valence-electron chi connectivity index (χ4n) is 2.82. The Labute approximate surface area is 169 Å². The van der Waals surface area contributed by atoms with Crippen LogP contribution in [-0.4, -0.2) is 24.1 Å². The van der Waals surface area contributed by atoms with E-state index in [4.69, 9.17) is 9.47 Å². The van der Waals surface area contributed by atoms with Gasteiger partial charge in [-0.2, -0.15) is 0 Å². The summed E-state index contributed by atoms with van der Waals surface area (Å²) in [6, 6.07) is 9.85. The molecule has 2 aromatic carbocycles. The molecule has 6 heteroatoms. The fourth-order valence-corrected chi connectivity index (χ4v) is 3.73. The lowest BCUT2D eigenvalue weighted by molar-refractivity contribution is -0.118. The normalized spacial score (nSPS) is 10.9. The van der Waals surface area contributed by atoms with Crippen LogP contribution in [0, 0.1) is 20.8 Å². The van der Waals surface area contributed by atoms with E-state index in [2.05, 4.69) is 23.3 Å². The van der Waals surface area contributed by atoms with Gasteiger partial charge in [-0.15, -0.1) is 0 Å². The summed E-state index contributed by atoms with van der Waals surface area (Å²) in [6.45, 7) is 8.81. The van der Waals surface area contributed by atoms with Gasteiger partial charge in [-0.05, 0) is 62.1 Å². The number of anilines is 1. The van der Waals surface area contributed by atoms with Crippen molar-refractivity contribution in [3.8, 4) is 11.5 Å².